The summed E-state index contributed by atoms with van der Waals surface area (Å²) in [6.07, 6.45) is 1.41. The van der Waals surface area contributed by atoms with Crippen LogP contribution < -0.4 is 4.90 Å². The fourth-order valence-electron chi connectivity index (χ4n) is 3.06. The fourth-order valence-corrected chi connectivity index (χ4v) is 3.06. The minimum absolute atomic E-state index is 0. The predicted molar refractivity (Wildman–Crippen MR) is 104 cm³/mol. The molecule has 3 heterocycles. The van der Waals surface area contributed by atoms with E-state index >= 15 is 0 Å². The minimum atomic E-state index is -0.311. The highest BCUT2D eigenvalue weighted by molar-refractivity contribution is 5.68. The van der Waals surface area contributed by atoms with Crippen LogP contribution in [0.5, 0.6) is 0 Å². The summed E-state index contributed by atoms with van der Waals surface area (Å²) in [5.74, 6) is 1.48. The highest BCUT2D eigenvalue weighted by atomic mass is 16.5. The first-order chi connectivity index (χ1) is 13.7. The van der Waals surface area contributed by atoms with Gasteiger partial charge < -0.3 is 19.0 Å². The third-order valence-corrected chi connectivity index (χ3v) is 4.63. The Morgan fingerprint density at radius 3 is 2.54 bits per heavy atom. The maximum atomic E-state index is 11.6. The maximum absolute atomic E-state index is 11.6. The van der Waals surface area contributed by atoms with E-state index in [4.69, 9.17) is 14.1 Å². The van der Waals surface area contributed by atoms with Gasteiger partial charge >= 0.3 is 6.09 Å². The van der Waals surface area contributed by atoms with E-state index in [9.17, 15) is 4.79 Å². The topological polar surface area (TPSA) is 97.5 Å². The molecule has 3 aromatic rings. The number of piperazine rings is 1. The zero-order valence-electron chi connectivity index (χ0n) is 15.7. The van der Waals surface area contributed by atoms with E-state index in [0.29, 0.717) is 55.2 Å². The van der Waals surface area contributed by atoms with Gasteiger partial charge in [0.25, 0.3) is 5.89 Å². The average Bonchev–Trinajstić information content (AvgIpc) is 3.24. The lowest BCUT2D eigenvalue weighted by Crippen LogP contribution is -2.49. The van der Waals surface area contributed by atoms with Gasteiger partial charge in [0.2, 0.25) is 5.89 Å². The first kappa shape index (κ1) is 17.9. The summed E-state index contributed by atoms with van der Waals surface area (Å²) in [5.41, 5.74) is 2.12. The minimum Gasteiger partial charge on any atom is -0.453 e. The third kappa shape index (κ3) is 3.51. The second kappa shape index (κ2) is 7.63. The second-order valence-corrected chi connectivity index (χ2v) is 6.38. The Hall–Kier alpha value is -3.49. The Bertz CT molecular complexity index is 973. The number of rotatable bonds is 3. The molecule has 0 atom stereocenters. The van der Waals surface area contributed by atoms with Crippen molar-refractivity contribution in [1.82, 2.24) is 25.1 Å². The van der Waals surface area contributed by atoms with Crippen LogP contribution in [0.15, 0.2) is 40.9 Å². The molecule has 0 saturated carbocycles. The zero-order chi connectivity index (χ0) is 19.5. The molecule has 9 nitrogen and oxygen atoms in total. The molecule has 4 rings (SSSR count). The lowest BCUT2D eigenvalue weighted by atomic mass is 10.2. The van der Waals surface area contributed by atoms with Crippen molar-refractivity contribution in [3.05, 3.63) is 42.2 Å². The standard InChI is InChI=1S/C19H20N6O3.H2/c1-13-16(18-23-22-17(28-18)14-6-4-3-5-7-14)21-15(12-20-13)24-8-10-25(11-9-24)19(26)27-2;/h3-7,12H,8-11H2,1-2H3;1H. The molecule has 1 aliphatic heterocycles. The van der Waals surface area contributed by atoms with Crippen LogP contribution in [0.1, 0.15) is 7.12 Å². The summed E-state index contributed by atoms with van der Waals surface area (Å²) in [5, 5.41) is 8.28. The number of aromatic nitrogens is 4. The van der Waals surface area contributed by atoms with E-state index in [2.05, 4.69) is 20.1 Å². The maximum Gasteiger partial charge on any atom is 0.409 e. The number of hydrogen-bond acceptors (Lipinski definition) is 8. The molecule has 1 aromatic carbocycles. The van der Waals surface area contributed by atoms with Crippen molar-refractivity contribution in [1.29, 1.82) is 0 Å². The average molecular weight is 382 g/mol. The number of hydrogen-bond donors (Lipinski definition) is 0. The summed E-state index contributed by atoms with van der Waals surface area (Å²) in [6, 6.07) is 9.58. The molecule has 0 aliphatic carbocycles. The van der Waals surface area contributed by atoms with Crippen LogP contribution in [0.3, 0.4) is 0 Å². The van der Waals surface area contributed by atoms with Crippen molar-refractivity contribution in [2.75, 3.05) is 38.2 Å². The number of amides is 1. The summed E-state index contributed by atoms with van der Waals surface area (Å²) >= 11 is 0. The van der Waals surface area contributed by atoms with Gasteiger partial charge in [0.05, 0.1) is 19.0 Å². The molecule has 0 N–H and O–H groups in total. The smallest absolute Gasteiger partial charge is 0.409 e. The van der Waals surface area contributed by atoms with Crippen LogP contribution in [0.4, 0.5) is 10.6 Å². The van der Waals surface area contributed by atoms with E-state index < -0.39 is 0 Å². The Morgan fingerprint density at radius 1 is 1.11 bits per heavy atom. The van der Waals surface area contributed by atoms with Gasteiger partial charge in [-0.3, -0.25) is 4.98 Å². The molecule has 146 valence electrons. The molecular formula is C19H22N6O3. The summed E-state index contributed by atoms with van der Waals surface area (Å²) in [7, 11) is 1.39. The zero-order valence-corrected chi connectivity index (χ0v) is 15.7. The monoisotopic (exact) mass is 382 g/mol. The lowest BCUT2D eigenvalue weighted by Gasteiger charge is -2.34. The van der Waals surface area contributed by atoms with Crippen LogP contribution >= 0.6 is 0 Å². The van der Waals surface area contributed by atoms with Gasteiger partial charge in [0.15, 0.2) is 5.69 Å². The Morgan fingerprint density at radius 2 is 1.82 bits per heavy atom. The van der Waals surface area contributed by atoms with Crippen molar-refractivity contribution in [2.45, 2.75) is 6.92 Å². The SMILES string of the molecule is COC(=O)N1CCN(c2cnc(C)c(-c3nnc(-c4ccccc4)o3)n2)CC1.[HH]. The molecule has 1 fully saturated rings. The van der Waals surface area contributed by atoms with Crippen LogP contribution in [0.25, 0.3) is 23.0 Å². The first-order valence-corrected chi connectivity index (χ1v) is 8.96. The largest absolute Gasteiger partial charge is 0.453 e. The van der Waals surface area contributed by atoms with Gasteiger partial charge in [0, 0.05) is 33.2 Å². The van der Waals surface area contributed by atoms with Gasteiger partial charge in [-0.25, -0.2) is 9.78 Å². The van der Waals surface area contributed by atoms with Crippen molar-refractivity contribution in [2.24, 2.45) is 0 Å². The summed E-state index contributed by atoms with van der Waals surface area (Å²) < 4.78 is 10.6. The van der Waals surface area contributed by atoms with Crippen molar-refractivity contribution < 1.29 is 15.4 Å². The molecule has 0 spiro atoms. The number of carbonyl (C=O) groups excluding carboxylic acids is 1. The van der Waals surface area contributed by atoms with E-state index in [1.54, 1.807) is 11.1 Å². The molecule has 1 aliphatic rings. The molecule has 2 aromatic heterocycles. The number of nitrogens with zero attached hydrogens (tertiary/aromatic N) is 6. The lowest BCUT2D eigenvalue weighted by molar-refractivity contribution is 0.121. The van der Waals surface area contributed by atoms with Crippen molar-refractivity contribution in [3.63, 3.8) is 0 Å². The van der Waals surface area contributed by atoms with Gasteiger partial charge in [0.1, 0.15) is 5.82 Å². The Labute approximate surface area is 163 Å². The van der Waals surface area contributed by atoms with Gasteiger partial charge in [-0.1, -0.05) is 18.2 Å². The number of carbonyl (C=O) groups is 1. The molecule has 1 amide bonds. The second-order valence-electron chi connectivity index (χ2n) is 6.38. The van der Waals surface area contributed by atoms with Crippen LogP contribution in [0, 0.1) is 6.92 Å². The number of benzene rings is 1. The number of methoxy groups -OCH3 is 1. The third-order valence-electron chi connectivity index (χ3n) is 4.63. The molecule has 0 unspecified atom stereocenters. The van der Waals surface area contributed by atoms with Gasteiger partial charge in [-0.2, -0.15) is 0 Å². The molecule has 9 heteroatoms. The molecule has 0 bridgehead atoms. The molecular weight excluding hydrogens is 360 g/mol. The normalized spacial score (nSPS) is 14.2. The highest BCUT2D eigenvalue weighted by Crippen LogP contribution is 2.26. The van der Waals surface area contributed by atoms with E-state index in [1.165, 1.54) is 7.11 Å². The molecule has 28 heavy (non-hydrogen) atoms. The van der Waals surface area contributed by atoms with E-state index in [0.717, 1.165) is 5.56 Å². The first-order valence-electron chi connectivity index (χ1n) is 8.96. The van der Waals surface area contributed by atoms with E-state index in [-0.39, 0.29) is 7.52 Å². The van der Waals surface area contributed by atoms with Crippen LogP contribution in [-0.4, -0.2) is 64.4 Å². The Balaban J connectivity index is 0.00000240. The summed E-state index contributed by atoms with van der Waals surface area (Å²) in [6.45, 7) is 4.27. The van der Waals surface area contributed by atoms with Crippen LogP contribution in [0.2, 0.25) is 0 Å². The van der Waals surface area contributed by atoms with Gasteiger partial charge in [-0.15, -0.1) is 10.2 Å². The number of aryl methyl sites for hydroxylation is 1. The van der Waals surface area contributed by atoms with Gasteiger partial charge in [-0.05, 0) is 19.1 Å². The van der Waals surface area contributed by atoms with Crippen molar-refractivity contribution in [3.8, 4) is 23.0 Å². The van der Waals surface area contributed by atoms with E-state index in [1.807, 2.05) is 37.3 Å². The molecule has 1 saturated heterocycles. The predicted octanol–water partition coefficient (Wildman–Crippen LogP) is 2.64. The fraction of sp³-hybridized carbons (Fsp3) is 0.316. The molecule has 0 radical (unpaired) electrons. The number of ether oxygens (including phenoxy) is 1. The Kier molecular flexibility index (Phi) is 4.88. The van der Waals surface area contributed by atoms with Crippen LogP contribution in [-0.2, 0) is 4.74 Å². The van der Waals surface area contributed by atoms with Crippen molar-refractivity contribution >= 4 is 11.9 Å². The number of anilines is 1. The highest BCUT2D eigenvalue weighted by Gasteiger charge is 2.24. The quantitative estimate of drug-likeness (QED) is 0.682. The summed E-state index contributed by atoms with van der Waals surface area (Å²) in [4.78, 5) is 24.5.